The zero-order chi connectivity index (χ0) is 12.3. The first kappa shape index (κ1) is 11.9. The molecule has 0 saturated heterocycles. The molecule has 2 aromatic rings. The van der Waals surface area contributed by atoms with Crippen LogP contribution in [0.3, 0.4) is 0 Å². The van der Waals surface area contributed by atoms with Crippen LogP contribution >= 0.6 is 0 Å². The van der Waals surface area contributed by atoms with Gasteiger partial charge in [0.15, 0.2) is 0 Å². The minimum atomic E-state index is -0.685. The van der Waals surface area contributed by atoms with E-state index >= 15 is 0 Å². The van der Waals surface area contributed by atoms with Gasteiger partial charge in [0.1, 0.15) is 5.75 Å². The van der Waals surface area contributed by atoms with Crippen molar-refractivity contribution in [3.05, 3.63) is 36.5 Å². The maximum Gasteiger partial charge on any atom is 0.121 e. The van der Waals surface area contributed by atoms with Gasteiger partial charge in [-0.05, 0) is 32.0 Å². The van der Waals surface area contributed by atoms with Crippen molar-refractivity contribution in [1.29, 1.82) is 0 Å². The molecule has 1 heterocycles. The van der Waals surface area contributed by atoms with Crippen molar-refractivity contribution in [1.82, 2.24) is 4.98 Å². The van der Waals surface area contributed by atoms with E-state index in [2.05, 4.69) is 4.98 Å². The molecule has 3 nitrogen and oxygen atoms in total. The number of nitrogens with zero attached hydrogens (tertiary/aromatic N) is 1. The molecule has 3 heteroatoms. The highest BCUT2D eigenvalue weighted by atomic mass is 16.5. The van der Waals surface area contributed by atoms with Crippen molar-refractivity contribution in [3.8, 4) is 5.75 Å². The monoisotopic (exact) mass is 231 g/mol. The average Bonchev–Trinajstić information content (AvgIpc) is 2.27. The molecule has 0 amide bonds. The Bertz CT molecular complexity index is 503. The van der Waals surface area contributed by atoms with Gasteiger partial charge >= 0.3 is 0 Å². The molecule has 17 heavy (non-hydrogen) atoms. The standard InChI is InChI=1S/C14H17NO2/c1-14(2,16)7-9-17-12-6-5-11-4-3-8-15-13(11)10-12/h3-6,8,10,16H,7,9H2,1-2H3. The summed E-state index contributed by atoms with van der Waals surface area (Å²) in [5.41, 5.74) is 0.239. The number of rotatable bonds is 4. The fourth-order valence-corrected chi connectivity index (χ4v) is 1.55. The summed E-state index contributed by atoms with van der Waals surface area (Å²) in [6, 6.07) is 9.76. The van der Waals surface area contributed by atoms with Crippen LogP contribution in [0.15, 0.2) is 36.5 Å². The van der Waals surface area contributed by atoms with Crippen molar-refractivity contribution in [2.24, 2.45) is 0 Å². The van der Waals surface area contributed by atoms with Crippen LogP contribution < -0.4 is 4.74 Å². The summed E-state index contributed by atoms with van der Waals surface area (Å²) in [5.74, 6) is 0.792. The molecule has 0 aliphatic rings. The third kappa shape index (κ3) is 3.43. The summed E-state index contributed by atoms with van der Waals surface area (Å²) >= 11 is 0. The predicted molar refractivity (Wildman–Crippen MR) is 68.2 cm³/mol. The summed E-state index contributed by atoms with van der Waals surface area (Å²) in [5, 5.41) is 10.7. The zero-order valence-corrected chi connectivity index (χ0v) is 10.2. The maximum absolute atomic E-state index is 9.58. The van der Waals surface area contributed by atoms with Crippen molar-refractivity contribution >= 4 is 10.9 Å². The summed E-state index contributed by atoms with van der Waals surface area (Å²) < 4.78 is 5.59. The number of aliphatic hydroxyl groups is 1. The van der Waals surface area contributed by atoms with Crippen molar-refractivity contribution < 1.29 is 9.84 Å². The van der Waals surface area contributed by atoms with Crippen molar-refractivity contribution in [3.63, 3.8) is 0 Å². The first-order valence-electron chi connectivity index (χ1n) is 5.75. The van der Waals surface area contributed by atoms with Gasteiger partial charge in [0.25, 0.3) is 0 Å². The number of pyridine rings is 1. The molecule has 0 aliphatic carbocycles. The Kier molecular flexibility index (Phi) is 3.29. The van der Waals surface area contributed by atoms with Crippen molar-refractivity contribution in [2.75, 3.05) is 6.61 Å². The van der Waals surface area contributed by atoms with E-state index in [1.54, 1.807) is 20.0 Å². The summed E-state index contributed by atoms with van der Waals surface area (Å²) in [6.45, 7) is 4.05. The quantitative estimate of drug-likeness (QED) is 0.879. The Labute approximate surface area is 101 Å². The molecule has 0 bridgehead atoms. The molecule has 0 aliphatic heterocycles. The molecule has 1 aromatic carbocycles. The van der Waals surface area contributed by atoms with E-state index < -0.39 is 5.60 Å². The number of fused-ring (bicyclic) bond motifs is 1. The van der Waals surface area contributed by atoms with Crippen LogP contribution in [0.4, 0.5) is 0 Å². The number of benzene rings is 1. The molecule has 0 saturated carbocycles. The fraction of sp³-hybridized carbons (Fsp3) is 0.357. The van der Waals surface area contributed by atoms with Crippen LogP contribution in [-0.2, 0) is 0 Å². The molecular formula is C14H17NO2. The predicted octanol–water partition coefficient (Wildman–Crippen LogP) is 2.77. The molecule has 0 atom stereocenters. The van der Waals surface area contributed by atoms with E-state index in [-0.39, 0.29) is 0 Å². The molecule has 1 aromatic heterocycles. The van der Waals surface area contributed by atoms with Gasteiger partial charge < -0.3 is 9.84 Å². The number of hydrogen-bond donors (Lipinski definition) is 1. The lowest BCUT2D eigenvalue weighted by molar-refractivity contribution is 0.0554. The fourth-order valence-electron chi connectivity index (χ4n) is 1.55. The third-order valence-electron chi connectivity index (χ3n) is 2.56. The van der Waals surface area contributed by atoms with E-state index in [4.69, 9.17) is 4.74 Å². The Morgan fingerprint density at radius 2 is 2.12 bits per heavy atom. The molecule has 1 N–H and O–H groups in total. The second-order valence-corrected chi connectivity index (χ2v) is 4.77. The largest absolute Gasteiger partial charge is 0.493 e. The highest BCUT2D eigenvalue weighted by Gasteiger charge is 2.12. The first-order chi connectivity index (χ1) is 8.04. The minimum absolute atomic E-state index is 0.502. The Morgan fingerprint density at radius 1 is 1.29 bits per heavy atom. The average molecular weight is 231 g/mol. The highest BCUT2D eigenvalue weighted by molar-refractivity contribution is 5.79. The summed E-state index contributed by atoms with van der Waals surface area (Å²) in [4.78, 5) is 4.27. The highest BCUT2D eigenvalue weighted by Crippen LogP contribution is 2.19. The van der Waals surface area contributed by atoms with Gasteiger partial charge in [0, 0.05) is 24.1 Å². The second-order valence-electron chi connectivity index (χ2n) is 4.77. The lowest BCUT2D eigenvalue weighted by atomic mass is 10.1. The number of hydrogen-bond acceptors (Lipinski definition) is 3. The number of aromatic nitrogens is 1. The molecule has 0 radical (unpaired) electrons. The van der Waals surface area contributed by atoms with Gasteiger partial charge in [-0.2, -0.15) is 0 Å². The van der Waals surface area contributed by atoms with Gasteiger partial charge in [-0.15, -0.1) is 0 Å². The molecule has 0 unspecified atom stereocenters. The van der Waals surface area contributed by atoms with Gasteiger partial charge in [0.2, 0.25) is 0 Å². The van der Waals surface area contributed by atoms with Gasteiger partial charge in [-0.3, -0.25) is 4.98 Å². The van der Waals surface area contributed by atoms with Crippen LogP contribution in [0.5, 0.6) is 5.75 Å². The van der Waals surface area contributed by atoms with Gasteiger partial charge in [-0.1, -0.05) is 6.07 Å². The van der Waals surface area contributed by atoms with Gasteiger partial charge in [-0.25, -0.2) is 0 Å². The molecule has 2 rings (SSSR count). The molecule has 90 valence electrons. The molecule has 0 spiro atoms. The normalized spacial score (nSPS) is 11.7. The SMILES string of the molecule is CC(C)(O)CCOc1ccc2cccnc2c1. The van der Waals surface area contributed by atoms with Crippen LogP contribution in [0, 0.1) is 0 Å². The zero-order valence-electron chi connectivity index (χ0n) is 10.2. The Morgan fingerprint density at radius 3 is 2.88 bits per heavy atom. The van der Waals surface area contributed by atoms with E-state index in [0.29, 0.717) is 13.0 Å². The van der Waals surface area contributed by atoms with Gasteiger partial charge in [0.05, 0.1) is 17.7 Å². The van der Waals surface area contributed by atoms with Crippen LogP contribution in [0.2, 0.25) is 0 Å². The Balaban J connectivity index is 2.04. The second kappa shape index (κ2) is 4.72. The first-order valence-corrected chi connectivity index (χ1v) is 5.75. The van der Waals surface area contributed by atoms with E-state index in [9.17, 15) is 5.11 Å². The van der Waals surface area contributed by atoms with Crippen molar-refractivity contribution in [2.45, 2.75) is 25.9 Å². The van der Waals surface area contributed by atoms with E-state index in [1.165, 1.54) is 0 Å². The maximum atomic E-state index is 9.58. The Hall–Kier alpha value is -1.61. The third-order valence-corrected chi connectivity index (χ3v) is 2.56. The smallest absolute Gasteiger partial charge is 0.121 e. The lowest BCUT2D eigenvalue weighted by Gasteiger charge is -2.17. The topological polar surface area (TPSA) is 42.4 Å². The van der Waals surface area contributed by atoms with Crippen LogP contribution in [0.25, 0.3) is 10.9 Å². The lowest BCUT2D eigenvalue weighted by Crippen LogP contribution is -2.21. The van der Waals surface area contributed by atoms with Crippen LogP contribution in [0.1, 0.15) is 20.3 Å². The van der Waals surface area contributed by atoms with Crippen LogP contribution in [-0.4, -0.2) is 22.3 Å². The minimum Gasteiger partial charge on any atom is -0.493 e. The molecule has 0 fully saturated rings. The van der Waals surface area contributed by atoms with E-state index in [1.807, 2.05) is 30.3 Å². The number of ether oxygens (including phenoxy) is 1. The summed E-state index contributed by atoms with van der Waals surface area (Å²) in [6.07, 6.45) is 2.37. The summed E-state index contributed by atoms with van der Waals surface area (Å²) in [7, 11) is 0. The van der Waals surface area contributed by atoms with E-state index in [0.717, 1.165) is 16.7 Å². The molecular weight excluding hydrogens is 214 g/mol.